The molecule has 11 heteroatoms. The van der Waals surface area contributed by atoms with Crippen LogP contribution < -0.4 is 14.9 Å². The Balaban J connectivity index is 1.57. The first-order valence-electron chi connectivity index (χ1n) is 10.7. The van der Waals surface area contributed by atoms with Gasteiger partial charge in [-0.2, -0.15) is 0 Å². The zero-order valence-corrected chi connectivity index (χ0v) is 19.8. The summed E-state index contributed by atoms with van der Waals surface area (Å²) >= 11 is 0. The van der Waals surface area contributed by atoms with E-state index < -0.39 is 45.6 Å². The number of ether oxygens (including phenoxy) is 1. The molecule has 2 amide bonds. The molecule has 0 radical (unpaired) electrons. The maximum atomic E-state index is 14.0. The summed E-state index contributed by atoms with van der Waals surface area (Å²) in [5, 5.41) is 2.55. The number of hydrogen-bond donors (Lipinski definition) is 2. The fourth-order valence-electron chi connectivity index (χ4n) is 3.43. The van der Waals surface area contributed by atoms with Crippen LogP contribution in [0, 0.1) is 11.7 Å². The predicted octanol–water partition coefficient (Wildman–Crippen LogP) is 2.44. The topological polar surface area (TPSA) is 122 Å². The van der Waals surface area contributed by atoms with Crippen LogP contribution in [0.2, 0.25) is 0 Å². The fourth-order valence-corrected chi connectivity index (χ4v) is 4.68. The number of sulfonamides is 1. The first-order valence-corrected chi connectivity index (χ1v) is 12.1. The van der Waals surface area contributed by atoms with Crippen LogP contribution in [0.5, 0.6) is 0 Å². The van der Waals surface area contributed by atoms with Gasteiger partial charge in [-0.1, -0.05) is 12.1 Å². The lowest BCUT2D eigenvalue weighted by molar-refractivity contribution is -0.157. The molecule has 9 nitrogen and oxygen atoms in total. The lowest BCUT2D eigenvalue weighted by Gasteiger charge is -2.18. The minimum absolute atomic E-state index is 0.0454. The Hall–Kier alpha value is -3.31. The number of anilines is 2. The SMILES string of the molecule is CC(C)NS(=O)(=O)c1ccc(NC(=O)[C@H](C)OC(=O)[C@H]2CC(=O)N(c3ccccc3F)C2)cc1. The zero-order chi connectivity index (χ0) is 25.0. The van der Waals surface area contributed by atoms with Crippen LogP contribution >= 0.6 is 0 Å². The molecule has 3 rings (SSSR count). The molecule has 1 aliphatic heterocycles. The quantitative estimate of drug-likeness (QED) is 0.547. The van der Waals surface area contributed by atoms with Crippen molar-refractivity contribution >= 4 is 39.2 Å². The first-order chi connectivity index (χ1) is 16.0. The Morgan fingerprint density at radius 1 is 1.09 bits per heavy atom. The normalized spacial score (nSPS) is 17.0. The second kappa shape index (κ2) is 10.3. The zero-order valence-electron chi connectivity index (χ0n) is 18.9. The number of para-hydroxylation sites is 1. The molecule has 2 atom stereocenters. The molecule has 34 heavy (non-hydrogen) atoms. The van der Waals surface area contributed by atoms with Crippen molar-refractivity contribution in [1.82, 2.24) is 4.72 Å². The lowest BCUT2D eigenvalue weighted by atomic mass is 10.1. The van der Waals surface area contributed by atoms with Gasteiger partial charge in [0.25, 0.3) is 5.91 Å². The summed E-state index contributed by atoms with van der Waals surface area (Å²) in [4.78, 5) is 38.5. The van der Waals surface area contributed by atoms with Gasteiger partial charge in [0.15, 0.2) is 6.10 Å². The van der Waals surface area contributed by atoms with Crippen LogP contribution in [0.1, 0.15) is 27.2 Å². The lowest BCUT2D eigenvalue weighted by Crippen LogP contribution is -2.33. The first kappa shape index (κ1) is 25.3. The van der Waals surface area contributed by atoms with E-state index in [1.165, 1.54) is 54.3 Å². The largest absolute Gasteiger partial charge is 0.452 e. The van der Waals surface area contributed by atoms with Gasteiger partial charge >= 0.3 is 5.97 Å². The number of esters is 1. The molecule has 1 aliphatic rings. The Labute approximate surface area is 197 Å². The summed E-state index contributed by atoms with van der Waals surface area (Å²) in [6, 6.07) is 11.0. The maximum absolute atomic E-state index is 14.0. The summed E-state index contributed by atoms with van der Waals surface area (Å²) in [5.41, 5.74) is 0.404. The molecule has 182 valence electrons. The van der Waals surface area contributed by atoms with Gasteiger partial charge in [0.2, 0.25) is 15.9 Å². The minimum atomic E-state index is -3.67. The number of amides is 2. The van der Waals surface area contributed by atoms with Crippen LogP contribution in [0.3, 0.4) is 0 Å². The number of halogens is 1. The second-order valence-corrected chi connectivity index (χ2v) is 9.94. The Morgan fingerprint density at radius 2 is 1.74 bits per heavy atom. The molecule has 2 aromatic carbocycles. The predicted molar refractivity (Wildman–Crippen MR) is 123 cm³/mol. The molecule has 0 aliphatic carbocycles. The summed E-state index contributed by atoms with van der Waals surface area (Å²) in [7, 11) is -3.67. The van der Waals surface area contributed by atoms with Crippen LogP contribution in [0.15, 0.2) is 53.4 Å². The Bertz CT molecular complexity index is 1180. The van der Waals surface area contributed by atoms with Crippen LogP contribution in [0.25, 0.3) is 0 Å². The number of carbonyl (C=O) groups excluding carboxylic acids is 3. The van der Waals surface area contributed by atoms with Gasteiger partial charge in [-0.25, -0.2) is 17.5 Å². The Morgan fingerprint density at radius 3 is 2.35 bits per heavy atom. The van der Waals surface area contributed by atoms with Crippen molar-refractivity contribution in [1.29, 1.82) is 0 Å². The van der Waals surface area contributed by atoms with Crippen molar-refractivity contribution in [2.45, 2.75) is 44.2 Å². The van der Waals surface area contributed by atoms with Crippen LogP contribution in [0.4, 0.5) is 15.8 Å². The van der Waals surface area contributed by atoms with Crippen molar-refractivity contribution in [2.24, 2.45) is 5.92 Å². The second-order valence-electron chi connectivity index (χ2n) is 8.23. The number of hydrogen-bond acceptors (Lipinski definition) is 6. The minimum Gasteiger partial charge on any atom is -0.452 e. The molecule has 2 aromatic rings. The van der Waals surface area contributed by atoms with Crippen molar-refractivity contribution in [2.75, 3.05) is 16.8 Å². The highest BCUT2D eigenvalue weighted by molar-refractivity contribution is 7.89. The van der Waals surface area contributed by atoms with Crippen LogP contribution in [-0.4, -0.2) is 44.9 Å². The average molecular weight is 492 g/mol. The van der Waals surface area contributed by atoms with Crippen molar-refractivity contribution in [3.05, 3.63) is 54.3 Å². The standard InChI is InChI=1S/C23H26FN3O6S/c1-14(2)26-34(31,32)18-10-8-17(9-11-18)25-22(29)15(3)33-23(30)16-12-21(28)27(13-16)20-7-5-4-6-19(20)24/h4-11,14-16,26H,12-13H2,1-3H3,(H,25,29)/t15-,16-/m0/s1. The number of carbonyl (C=O) groups is 3. The highest BCUT2D eigenvalue weighted by Crippen LogP contribution is 2.28. The number of benzene rings is 2. The van der Waals surface area contributed by atoms with E-state index in [0.29, 0.717) is 5.69 Å². The van der Waals surface area contributed by atoms with Gasteiger partial charge < -0.3 is 15.0 Å². The number of nitrogens with one attached hydrogen (secondary N) is 2. The van der Waals surface area contributed by atoms with E-state index in [9.17, 15) is 27.2 Å². The highest BCUT2D eigenvalue weighted by atomic mass is 32.2. The fraction of sp³-hybridized carbons (Fsp3) is 0.348. The van der Waals surface area contributed by atoms with Crippen molar-refractivity contribution < 1.29 is 31.9 Å². The van der Waals surface area contributed by atoms with Gasteiger partial charge in [0.05, 0.1) is 16.5 Å². The van der Waals surface area contributed by atoms with E-state index in [-0.39, 0.29) is 29.6 Å². The number of nitrogens with zero attached hydrogens (tertiary/aromatic N) is 1. The van der Waals surface area contributed by atoms with Crippen molar-refractivity contribution in [3.63, 3.8) is 0 Å². The Kier molecular flexibility index (Phi) is 7.68. The molecule has 0 unspecified atom stereocenters. The van der Waals surface area contributed by atoms with Gasteiger partial charge in [0.1, 0.15) is 5.82 Å². The van der Waals surface area contributed by atoms with Gasteiger partial charge in [-0.05, 0) is 57.2 Å². The smallest absolute Gasteiger partial charge is 0.312 e. The molecular weight excluding hydrogens is 465 g/mol. The summed E-state index contributed by atoms with van der Waals surface area (Å²) in [6.07, 6.45) is -1.32. The van der Waals surface area contributed by atoms with E-state index in [0.717, 1.165) is 0 Å². The maximum Gasteiger partial charge on any atom is 0.312 e. The molecule has 0 saturated carbocycles. The third-order valence-electron chi connectivity index (χ3n) is 5.09. The average Bonchev–Trinajstić information content (AvgIpc) is 3.15. The monoisotopic (exact) mass is 491 g/mol. The molecule has 0 aromatic heterocycles. The third-order valence-corrected chi connectivity index (χ3v) is 6.76. The molecule has 0 spiro atoms. The summed E-state index contributed by atoms with van der Waals surface area (Å²) < 4.78 is 46.1. The van der Waals surface area contributed by atoms with Gasteiger partial charge in [-0.3, -0.25) is 14.4 Å². The summed E-state index contributed by atoms with van der Waals surface area (Å²) in [5.74, 6) is -3.18. The van der Waals surface area contributed by atoms with E-state index in [1.54, 1.807) is 19.9 Å². The molecular formula is C23H26FN3O6S. The number of rotatable bonds is 8. The van der Waals surface area contributed by atoms with E-state index in [1.807, 2.05) is 0 Å². The summed E-state index contributed by atoms with van der Waals surface area (Å²) in [6.45, 7) is 4.73. The molecule has 2 N–H and O–H groups in total. The van der Waals surface area contributed by atoms with Gasteiger partial charge in [-0.15, -0.1) is 0 Å². The third kappa shape index (κ3) is 5.97. The highest BCUT2D eigenvalue weighted by Gasteiger charge is 2.38. The van der Waals surface area contributed by atoms with Crippen molar-refractivity contribution in [3.8, 4) is 0 Å². The molecule has 1 saturated heterocycles. The van der Waals surface area contributed by atoms with E-state index >= 15 is 0 Å². The van der Waals surface area contributed by atoms with Gasteiger partial charge in [0, 0.05) is 24.7 Å². The van der Waals surface area contributed by atoms with E-state index in [4.69, 9.17) is 4.74 Å². The molecule has 1 heterocycles. The molecule has 0 bridgehead atoms. The van der Waals surface area contributed by atoms with Crippen LogP contribution in [-0.2, 0) is 29.1 Å². The molecule has 1 fully saturated rings. The van der Waals surface area contributed by atoms with E-state index in [2.05, 4.69) is 10.0 Å².